The first-order chi connectivity index (χ1) is 13.1. The molecule has 138 valence electrons. The van der Waals surface area contributed by atoms with Crippen LogP contribution in [0.1, 0.15) is 17.4 Å². The summed E-state index contributed by atoms with van der Waals surface area (Å²) in [7, 11) is 1.90. The highest BCUT2D eigenvalue weighted by molar-refractivity contribution is 5.60. The number of aryl methyl sites for hydroxylation is 1. The minimum Gasteiger partial charge on any atom is -0.387 e. The second-order valence-electron chi connectivity index (χ2n) is 6.46. The van der Waals surface area contributed by atoms with Gasteiger partial charge in [0.05, 0.1) is 6.10 Å². The Kier molecular flexibility index (Phi) is 4.47. The maximum atomic E-state index is 10.5. The summed E-state index contributed by atoms with van der Waals surface area (Å²) in [6, 6.07) is 13.4. The summed E-state index contributed by atoms with van der Waals surface area (Å²) in [6.45, 7) is 2.35. The number of anilines is 3. The van der Waals surface area contributed by atoms with Crippen molar-refractivity contribution in [1.29, 1.82) is 0 Å². The van der Waals surface area contributed by atoms with Gasteiger partial charge in [0.1, 0.15) is 11.5 Å². The molecule has 0 fully saturated rings. The van der Waals surface area contributed by atoms with E-state index in [-0.39, 0.29) is 0 Å². The van der Waals surface area contributed by atoms with Crippen LogP contribution in [0.4, 0.5) is 17.6 Å². The Hall–Kier alpha value is -3.39. The molecule has 0 amide bonds. The van der Waals surface area contributed by atoms with Gasteiger partial charge in [-0.1, -0.05) is 30.3 Å². The summed E-state index contributed by atoms with van der Waals surface area (Å²) >= 11 is 0. The number of aliphatic hydroxyl groups excluding tert-OH is 1. The number of fused-ring (bicyclic) bond motifs is 1. The number of aromatic nitrogens is 5. The minimum absolute atomic E-state index is 0.412. The maximum absolute atomic E-state index is 10.5. The molecule has 0 bridgehead atoms. The molecule has 0 aliphatic carbocycles. The third kappa shape index (κ3) is 3.61. The van der Waals surface area contributed by atoms with Gasteiger partial charge in [-0.3, -0.25) is 9.50 Å². The quantitative estimate of drug-likeness (QED) is 0.488. The normalized spacial score (nSPS) is 12.3. The van der Waals surface area contributed by atoms with E-state index in [0.29, 0.717) is 24.1 Å². The summed E-state index contributed by atoms with van der Waals surface area (Å²) < 4.78 is 1.86. The first kappa shape index (κ1) is 17.0. The van der Waals surface area contributed by atoms with Crippen LogP contribution in [0.15, 0.2) is 54.9 Å². The van der Waals surface area contributed by atoms with Crippen molar-refractivity contribution in [1.82, 2.24) is 24.6 Å². The van der Waals surface area contributed by atoms with E-state index in [1.165, 1.54) is 0 Å². The van der Waals surface area contributed by atoms with Gasteiger partial charge in [-0.25, -0.2) is 4.98 Å². The lowest BCUT2D eigenvalue weighted by atomic mass is 10.1. The molecule has 27 heavy (non-hydrogen) atoms. The summed E-state index contributed by atoms with van der Waals surface area (Å²) in [5.41, 5.74) is 2.59. The lowest BCUT2D eigenvalue weighted by Gasteiger charge is -2.22. The highest BCUT2D eigenvalue weighted by Gasteiger charge is 2.15. The number of aromatic amines is 1. The Morgan fingerprint density at radius 1 is 1.26 bits per heavy atom. The molecule has 8 nitrogen and oxygen atoms in total. The van der Waals surface area contributed by atoms with Gasteiger partial charge in [-0.05, 0) is 12.5 Å². The van der Waals surface area contributed by atoms with E-state index in [4.69, 9.17) is 4.98 Å². The molecule has 0 radical (unpaired) electrons. The molecule has 0 spiro atoms. The molecule has 1 unspecified atom stereocenters. The van der Waals surface area contributed by atoms with Gasteiger partial charge in [-0.2, -0.15) is 10.1 Å². The zero-order valence-electron chi connectivity index (χ0n) is 15.2. The highest BCUT2D eigenvalue weighted by atomic mass is 16.3. The van der Waals surface area contributed by atoms with Gasteiger partial charge in [-0.15, -0.1) is 0 Å². The first-order valence-corrected chi connectivity index (χ1v) is 8.67. The van der Waals surface area contributed by atoms with Crippen LogP contribution in [0.5, 0.6) is 0 Å². The van der Waals surface area contributed by atoms with E-state index >= 15 is 0 Å². The average molecular weight is 363 g/mol. The Bertz CT molecular complexity index is 1040. The predicted molar refractivity (Wildman–Crippen MR) is 104 cm³/mol. The standard InChI is InChI=1S/C19H21N7O/c1-13-10-16(24-23-13)21-19-22-18(11-17-20-8-9-26(17)19)25(2)12-15(27)14-6-4-3-5-7-14/h3-11,15,27H,12H2,1-2H3,(H2,21,22,23,24). The van der Waals surface area contributed by atoms with E-state index in [1.807, 2.05) is 71.9 Å². The predicted octanol–water partition coefficient (Wildman–Crippen LogP) is 2.67. The molecule has 4 aromatic rings. The van der Waals surface area contributed by atoms with Gasteiger partial charge < -0.3 is 15.3 Å². The fraction of sp³-hybridized carbons (Fsp3) is 0.211. The summed E-state index contributed by atoms with van der Waals surface area (Å²) in [5.74, 6) is 1.99. The van der Waals surface area contributed by atoms with Crippen molar-refractivity contribution in [3.05, 3.63) is 66.1 Å². The number of likely N-dealkylation sites (N-methyl/N-ethyl adjacent to an activating group) is 1. The zero-order chi connectivity index (χ0) is 18.8. The molecule has 3 N–H and O–H groups in total. The molecule has 1 atom stereocenters. The van der Waals surface area contributed by atoms with Crippen molar-refractivity contribution in [2.45, 2.75) is 13.0 Å². The SMILES string of the molecule is Cc1cc(Nc2nc(N(C)CC(O)c3ccccc3)cc3nccn23)n[nH]1. The van der Waals surface area contributed by atoms with Crippen LogP contribution in [0.25, 0.3) is 5.65 Å². The van der Waals surface area contributed by atoms with E-state index in [9.17, 15) is 5.11 Å². The van der Waals surface area contributed by atoms with Gasteiger partial charge in [0.2, 0.25) is 5.95 Å². The summed E-state index contributed by atoms with van der Waals surface area (Å²) in [6.07, 6.45) is 2.95. The lowest BCUT2D eigenvalue weighted by Crippen LogP contribution is -2.25. The van der Waals surface area contributed by atoms with Crippen LogP contribution in [-0.4, -0.2) is 43.3 Å². The molecule has 3 aromatic heterocycles. The number of H-pyrrole nitrogens is 1. The van der Waals surface area contributed by atoms with Gasteiger partial charge in [0, 0.05) is 43.8 Å². The first-order valence-electron chi connectivity index (χ1n) is 8.67. The minimum atomic E-state index is -0.612. The smallest absolute Gasteiger partial charge is 0.216 e. The highest BCUT2D eigenvalue weighted by Crippen LogP contribution is 2.22. The number of nitrogens with zero attached hydrogens (tertiary/aromatic N) is 5. The topological polar surface area (TPSA) is 94.4 Å². The Labute approximate surface area is 156 Å². The molecule has 3 heterocycles. The Morgan fingerprint density at radius 2 is 2.07 bits per heavy atom. The molecule has 0 aliphatic heterocycles. The van der Waals surface area contributed by atoms with Crippen molar-refractivity contribution in [3.8, 4) is 0 Å². The van der Waals surface area contributed by atoms with Crippen molar-refractivity contribution in [2.24, 2.45) is 0 Å². The van der Waals surface area contributed by atoms with Gasteiger partial charge in [0.25, 0.3) is 0 Å². The number of rotatable bonds is 6. The molecular weight excluding hydrogens is 342 g/mol. The van der Waals surface area contributed by atoms with Crippen LogP contribution in [0.3, 0.4) is 0 Å². The molecule has 8 heteroatoms. The van der Waals surface area contributed by atoms with Crippen molar-refractivity contribution in [3.63, 3.8) is 0 Å². The van der Waals surface area contributed by atoms with E-state index < -0.39 is 6.10 Å². The maximum Gasteiger partial charge on any atom is 0.216 e. The monoisotopic (exact) mass is 363 g/mol. The number of benzene rings is 1. The Balaban J connectivity index is 1.61. The molecule has 0 saturated carbocycles. The van der Waals surface area contributed by atoms with Crippen molar-refractivity contribution in [2.75, 3.05) is 23.8 Å². The van der Waals surface area contributed by atoms with E-state index in [2.05, 4.69) is 20.5 Å². The third-order valence-corrected chi connectivity index (χ3v) is 4.34. The summed E-state index contributed by atoms with van der Waals surface area (Å²) in [4.78, 5) is 11.0. The molecule has 4 rings (SSSR count). The summed E-state index contributed by atoms with van der Waals surface area (Å²) in [5, 5.41) is 20.8. The number of aliphatic hydroxyl groups is 1. The van der Waals surface area contributed by atoms with E-state index in [0.717, 1.165) is 16.9 Å². The van der Waals surface area contributed by atoms with Crippen LogP contribution >= 0.6 is 0 Å². The molecule has 1 aromatic carbocycles. The average Bonchev–Trinajstić information content (AvgIpc) is 3.31. The molecule has 0 aliphatic rings. The number of imidazole rings is 1. The van der Waals surface area contributed by atoms with Gasteiger partial charge >= 0.3 is 0 Å². The van der Waals surface area contributed by atoms with E-state index in [1.54, 1.807) is 6.20 Å². The second kappa shape index (κ2) is 7.08. The second-order valence-corrected chi connectivity index (χ2v) is 6.46. The molecular formula is C19H21N7O. The number of nitrogens with one attached hydrogen (secondary N) is 2. The fourth-order valence-corrected chi connectivity index (χ4v) is 2.92. The largest absolute Gasteiger partial charge is 0.387 e. The van der Waals surface area contributed by atoms with Crippen LogP contribution in [-0.2, 0) is 0 Å². The van der Waals surface area contributed by atoms with Crippen LogP contribution in [0.2, 0.25) is 0 Å². The number of hydrogen-bond donors (Lipinski definition) is 3. The van der Waals surface area contributed by atoms with Crippen LogP contribution < -0.4 is 10.2 Å². The van der Waals surface area contributed by atoms with Crippen molar-refractivity contribution < 1.29 is 5.11 Å². The molecule has 0 saturated heterocycles. The number of hydrogen-bond acceptors (Lipinski definition) is 6. The van der Waals surface area contributed by atoms with Crippen LogP contribution in [0, 0.1) is 6.92 Å². The third-order valence-electron chi connectivity index (χ3n) is 4.34. The Morgan fingerprint density at radius 3 is 2.81 bits per heavy atom. The lowest BCUT2D eigenvalue weighted by molar-refractivity contribution is 0.185. The fourth-order valence-electron chi connectivity index (χ4n) is 2.92. The zero-order valence-corrected chi connectivity index (χ0v) is 15.2. The van der Waals surface area contributed by atoms with Gasteiger partial charge in [0.15, 0.2) is 5.82 Å². The van der Waals surface area contributed by atoms with Crippen molar-refractivity contribution >= 4 is 23.2 Å².